The first-order valence-corrected chi connectivity index (χ1v) is 4.20. The minimum atomic E-state index is -0.143. The molecule has 1 aliphatic rings. The molecule has 0 radical (unpaired) electrons. The summed E-state index contributed by atoms with van der Waals surface area (Å²) in [4.78, 5) is 0. The molecule has 0 aliphatic carbocycles. The van der Waals surface area contributed by atoms with E-state index in [0.717, 1.165) is 13.0 Å². The third-order valence-corrected chi connectivity index (χ3v) is 2.04. The average Bonchev–Trinajstić information content (AvgIpc) is 1.88. The van der Waals surface area contributed by atoms with Gasteiger partial charge in [-0.2, -0.15) is 0 Å². The van der Waals surface area contributed by atoms with E-state index in [1.54, 1.807) is 0 Å². The van der Waals surface area contributed by atoms with Crippen molar-refractivity contribution < 1.29 is 5.11 Å². The average molecular weight is 143 g/mol. The van der Waals surface area contributed by atoms with E-state index in [4.69, 9.17) is 5.11 Å². The smallest absolute Gasteiger partial charge is 0.0526 e. The number of nitrogens with one attached hydrogen (secondary N) is 1. The zero-order chi connectivity index (χ0) is 7.40. The molecule has 0 aromatic carbocycles. The summed E-state index contributed by atoms with van der Waals surface area (Å²) in [6.45, 7) is 2.99. The largest absolute Gasteiger partial charge is 0.393 e. The summed E-state index contributed by atoms with van der Waals surface area (Å²) in [5.74, 6) is 0. The van der Waals surface area contributed by atoms with Gasteiger partial charge in [0.15, 0.2) is 0 Å². The second-order valence-corrected chi connectivity index (χ2v) is 3.23. The van der Waals surface area contributed by atoms with E-state index in [-0.39, 0.29) is 6.10 Å². The molecule has 2 nitrogen and oxygen atoms in total. The molecule has 1 fully saturated rings. The van der Waals surface area contributed by atoms with Crippen molar-refractivity contribution in [3.8, 4) is 0 Å². The van der Waals surface area contributed by atoms with E-state index in [1.165, 1.54) is 19.3 Å². The van der Waals surface area contributed by atoms with E-state index in [2.05, 4.69) is 5.32 Å². The summed E-state index contributed by atoms with van der Waals surface area (Å²) in [6.07, 6.45) is 4.64. The van der Waals surface area contributed by atoms with E-state index in [9.17, 15) is 0 Å². The Bertz CT molecular complexity index is 87.3. The number of hydrogen-bond acceptors (Lipinski definition) is 2. The predicted octanol–water partition coefficient (Wildman–Crippen LogP) is 0.899. The van der Waals surface area contributed by atoms with Crippen molar-refractivity contribution in [3.05, 3.63) is 0 Å². The summed E-state index contributed by atoms with van der Waals surface area (Å²) < 4.78 is 0. The second kappa shape index (κ2) is 3.94. The fourth-order valence-electron chi connectivity index (χ4n) is 1.54. The molecular formula is C8H17NO. The molecule has 0 saturated carbocycles. The lowest BCUT2D eigenvalue weighted by Gasteiger charge is -2.24. The van der Waals surface area contributed by atoms with Gasteiger partial charge >= 0.3 is 0 Å². The Morgan fingerprint density at radius 1 is 1.60 bits per heavy atom. The summed E-state index contributed by atoms with van der Waals surface area (Å²) >= 11 is 0. The monoisotopic (exact) mass is 143 g/mol. The Morgan fingerprint density at radius 3 is 2.90 bits per heavy atom. The van der Waals surface area contributed by atoms with Crippen LogP contribution in [0.15, 0.2) is 0 Å². The molecule has 0 aromatic heterocycles. The van der Waals surface area contributed by atoms with Crippen LogP contribution in [0, 0.1) is 0 Å². The van der Waals surface area contributed by atoms with Crippen molar-refractivity contribution in [1.82, 2.24) is 5.32 Å². The maximum atomic E-state index is 9.06. The molecule has 60 valence electrons. The number of aliphatic hydroxyl groups excluding tert-OH is 1. The van der Waals surface area contributed by atoms with E-state index in [1.807, 2.05) is 6.92 Å². The maximum absolute atomic E-state index is 9.06. The van der Waals surface area contributed by atoms with Crippen molar-refractivity contribution >= 4 is 0 Å². The molecule has 1 heterocycles. The molecule has 0 spiro atoms. The number of aliphatic hydroxyl groups is 1. The van der Waals surface area contributed by atoms with Gasteiger partial charge in [-0.25, -0.2) is 0 Å². The molecular weight excluding hydrogens is 126 g/mol. The van der Waals surface area contributed by atoms with Gasteiger partial charge in [0.05, 0.1) is 6.10 Å². The van der Waals surface area contributed by atoms with Gasteiger partial charge in [0.25, 0.3) is 0 Å². The minimum Gasteiger partial charge on any atom is -0.393 e. The van der Waals surface area contributed by atoms with Crippen LogP contribution in [0.1, 0.15) is 32.6 Å². The van der Waals surface area contributed by atoms with Crippen LogP contribution < -0.4 is 5.32 Å². The van der Waals surface area contributed by atoms with Gasteiger partial charge in [0.1, 0.15) is 0 Å². The van der Waals surface area contributed by atoms with Crippen molar-refractivity contribution in [2.24, 2.45) is 0 Å². The molecule has 2 heteroatoms. The summed E-state index contributed by atoms with van der Waals surface area (Å²) in [7, 11) is 0. The Hall–Kier alpha value is -0.0800. The maximum Gasteiger partial charge on any atom is 0.0526 e. The van der Waals surface area contributed by atoms with Crippen LogP contribution in [0.3, 0.4) is 0 Å². The van der Waals surface area contributed by atoms with Crippen molar-refractivity contribution in [2.75, 3.05) is 6.54 Å². The number of piperidine rings is 1. The van der Waals surface area contributed by atoms with Crippen LogP contribution >= 0.6 is 0 Å². The van der Waals surface area contributed by atoms with Gasteiger partial charge in [-0.3, -0.25) is 0 Å². The van der Waals surface area contributed by atoms with E-state index in [0.29, 0.717) is 6.04 Å². The van der Waals surface area contributed by atoms with Crippen LogP contribution in [0.5, 0.6) is 0 Å². The molecule has 0 aromatic rings. The number of hydrogen-bond donors (Lipinski definition) is 2. The molecule has 2 atom stereocenters. The fraction of sp³-hybridized carbons (Fsp3) is 1.00. The van der Waals surface area contributed by atoms with E-state index < -0.39 is 0 Å². The molecule has 1 saturated heterocycles. The SMILES string of the molecule is C[C@H](O)C[C@@H]1CCCCN1. The first kappa shape index (κ1) is 8.02. The van der Waals surface area contributed by atoms with Crippen molar-refractivity contribution in [1.29, 1.82) is 0 Å². The van der Waals surface area contributed by atoms with Crippen LogP contribution in [0.25, 0.3) is 0 Å². The first-order chi connectivity index (χ1) is 4.79. The quantitative estimate of drug-likeness (QED) is 0.602. The lowest BCUT2D eigenvalue weighted by Crippen LogP contribution is -2.36. The van der Waals surface area contributed by atoms with Crippen LogP contribution in [0.2, 0.25) is 0 Å². The highest BCUT2D eigenvalue weighted by atomic mass is 16.3. The summed E-state index contributed by atoms with van der Waals surface area (Å²) in [6, 6.07) is 0.578. The highest BCUT2D eigenvalue weighted by molar-refractivity contribution is 4.73. The third kappa shape index (κ3) is 2.67. The third-order valence-electron chi connectivity index (χ3n) is 2.04. The van der Waals surface area contributed by atoms with Gasteiger partial charge in [-0.15, -0.1) is 0 Å². The van der Waals surface area contributed by atoms with Crippen LogP contribution in [-0.2, 0) is 0 Å². The topological polar surface area (TPSA) is 32.3 Å². The fourth-order valence-corrected chi connectivity index (χ4v) is 1.54. The first-order valence-electron chi connectivity index (χ1n) is 4.20. The molecule has 0 bridgehead atoms. The van der Waals surface area contributed by atoms with Gasteiger partial charge in [-0.05, 0) is 32.7 Å². The molecule has 10 heavy (non-hydrogen) atoms. The summed E-state index contributed by atoms with van der Waals surface area (Å²) in [5, 5.41) is 12.5. The van der Waals surface area contributed by atoms with E-state index >= 15 is 0 Å². The Labute approximate surface area is 62.6 Å². The molecule has 1 rings (SSSR count). The van der Waals surface area contributed by atoms with Gasteiger partial charge in [0.2, 0.25) is 0 Å². The Morgan fingerprint density at radius 2 is 2.40 bits per heavy atom. The van der Waals surface area contributed by atoms with Crippen molar-refractivity contribution in [3.63, 3.8) is 0 Å². The van der Waals surface area contributed by atoms with Crippen LogP contribution in [-0.4, -0.2) is 23.8 Å². The highest BCUT2D eigenvalue weighted by Crippen LogP contribution is 2.11. The zero-order valence-electron chi connectivity index (χ0n) is 6.64. The van der Waals surface area contributed by atoms with Gasteiger partial charge < -0.3 is 10.4 Å². The Kier molecular flexibility index (Phi) is 3.16. The van der Waals surface area contributed by atoms with Gasteiger partial charge in [0, 0.05) is 6.04 Å². The lowest BCUT2D eigenvalue weighted by molar-refractivity contribution is 0.160. The highest BCUT2D eigenvalue weighted by Gasteiger charge is 2.13. The second-order valence-electron chi connectivity index (χ2n) is 3.23. The molecule has 2 N–H and O–H groups in total. The zero-order valence-corrected chi connectivity index (χ0v) is 6.64. The van der Waals surface area contributed by atoms with Crippen molar-refractivity contribution in [2.45, 2.75) is 44.8 Å². The normalized spacial score (nSPS) is 30.0. The standard InChI is InChI=1S/C8H17NO/c1-7(10)6-8-4-2-3-5-9-8/h7-10H,2-6H2,1H3/t7-,8-/m0/s1. The molecule has 1 aliphatic heterocycles. The molecule has 0 unspecified atom stereocenters. The van der Waals surface area contributed by atoms with Gasteiger partial charge in [-0.1, -0.05) is 6.42 Å². The Balaban J connectivity index is 2.13. The predicted molar refractivity (Wildman–Crippen MR) is 41.9 cm³/mol. The van der Waals surface area contributed by atoms with Crippen LogP contribution in [0.4, 0.5) is 0 Å². The molecule has 0 amide bonds. The minimum absolute atomic E-state index is 0.143. The lowest BCUT2D eigenvalue weighted by atomic mass is 10.00. The number of rotatable bonds is 2. The summed E-state index contributed by atoms with van der Waals surface area (Å²) in [5.41, 5.74) is 0.